The van der Waals surface area contributed by atoms with E-state index >= 15 is 0 Å². The van der Waals surface area contributed by atoms with Gasteiger partial charge in [0.25, 0.3) is 0 Å². The summed E-state index contributed by atoms with van der Waals surface area (Å²) in [7, 11) is -2.70. The predicted octanol–water partition coefficient (Wildman–Crippen LogP) is -0.0851. The molecule has 0 atom stereocenters. The SMILES string of the molecule is CCCCCCCCCCCC(=O)N(C)CCS(=O)(=O)[O-].[Na+]. The van der Waals surface area contributed by atoms with Crippen LogP contribution in [0.5, 0.6) is 0 Å². The van der Waals surface area contributed by atoms with Crippen molar-refractivity contribution in [1.82, 2.24) is 4.90 Å². The zero-order valence-corrected chi connectivity index (χ0v) is 17.3. The number of carbonyl (C=O) groups is 1. The summed E-state index contributed by atoms with van der Waals surface area (Å²) in [6.45, 7) is 2.20. The number of unbranched alkanes of at least 4 members (excludes halogenated alkanes) is 8. The number of nitrogens with zero attached hydrogens (tertiary/aromatic N) is 1. The molecule has 0 bridgehead atoms. The van der Waals surface area contributed by atoms with Gasteiger partial charge < -0.3 is 9.45 Å². The summed E-state index contributed by atoms with van der Waals surface area (Å²) in [5.74, 6) is -0.589. The standard InChI is InChI=1S/C15H31NO4S.Na/c1-3-4-5-6-7-8-9-10-11-12-15(17)16(2)13-14-21(18,19)20;/h3-14H2,1-2H3,(H,18,19,20);/q;+1/p-1. The monoisotopic (exact) mass is 343 g/mol. The Bertz CT molecular complexity index is 374. The summed E-state index contributed by atoms with van der Waals surface area (Å²) in [6, 6.07) is 0. The topological polar surface area (TPSA) is 77.5 Å². The molecule has 0 heterocycles. The van der Waals surface area contributed by atoms with Crippen LogP contribution in [0.2, 0.25) is 0 Å². The van der Waals surface area contributed by atoms with Crippen molar-refractivity contribution < 1.29 is 47.3 Å². The normalized spacial score (nSPS) is 11.0. The Kier molecular flexibility index (Phi) is 16.7. The van der Waals surface area contributed by atoms with Gasteiger partial charge in [0.15, 0.2) is 0 Å². The van der Waals surface area contributed by atoms with Gasteiger partial charge in [-0.1, -0.05) is 58.3 Å². The summed E-state index contributed by atoms with van der Waals surface area (Å²) >= 11 is 0. The Morgan fingerprint density at radius 1 is 0.955 bits per heavy atom. The third-order valence-electron chi connectivity index (χ3n) is 3.60. The number of carbonyl (C=O) groups excluding carboxylic acids is 1. The van der Waals surface area contributed by atoms with E-state index in [9.17, 15) is 17.8 Å². The van der Waals surface area contributed by atoms with E-state index in [0.717, 1.165) is 19.3 Å². The predicted molar refractivity (Wildman–Crippen MR) is 84.0 cm³/mol. The molecule has 0 aromatic carbocycles. The van der Waals surface area contributed by atoms with Gasteiger partial charge in [0.1, 0.15) is 0 Å². The molecule has 0 aromatic heterocycles. The first-order valence-electron chi connectivity index (χ1n) is 8.04. The fraction of sp³-hybridized carbons (Fsp3) is 0.933. The van der Waals surface area contributed by atoms with E-state index in [2.05, 4.69) is 6.92 Å². The maximum absolute atomic E-state index is 11.7. The van der Waals surface area contributed by atoms with Gasteiger partial charge in [-0.2, -0.15) is 0 Å². The van der Waals surface area contributed by atoms with Gasteiger partial charge in [-0.25, -0.2) is 8.42 Å². The molecule has 7 heteroatoms. The molecule has 0 aliphatic carbocycles. The van der Waals surface area contributed by atoms with Crippen LogP contribution in [0, 0.1) is 0 Å². The van der Waals surface area contributed by atoms with Crippen LogP contribution in [0.1, 0.15) is 71.1 Å². The molecule has 0 aromatic rings. The van der Waals surface area contributed by atoms with Crippen molar-refractivity contribution in [2.75, 3.05) is 19.3 Å². The van der Waals surface area contributed by atoms with Crippen molar-refractivity contribution in [1.29, 1.82) is 0 Å². The van der Waals surface area contributed by atoms with Gasteiger partial charge in [0, 0.05) is 20.0 Å². The molecule has 5 nitrogen and oxygen atoms in total. The van der Waals surface area contributed by atoms with Crippen LogP contribution >= 0.6 is 0 Å². The molecule has 0 aliphatic rings. The minimum Gasteiger partial charge on any atom is -0.748 e. The van der Waals surface area contributed by atoms with Gasteiger partial charge in [0.05, 0.1) is 15.9 Å². The van der Waals surface area contributed by atoms with Crippen LogP contribution < -0.4 is 29.6 Å². The van der Waals surface area contributed by atoms with Crippen LogP contribution in [0.15, 0.2) is 0 Å². The maximum atomic E-state index is 11.7. The van der Waals surface area contributed by atoms with Gasteiger partial charge in [-0.3, -0.25) is 4.79 Å². The van der Waals surface area contributed by atoms with Crippen molar-refractivity contribution >= 4 is 16.0 Å². The minimum absolute atomic E-state index is 0. The van der Waals surface area contributed by atoms with Crippen molar-refractivity contribution in [3.05, 3.63) is 0 Å². The molecule has 0 saturated carbocycles. The summed E-state index contributed by atoms with van der Waals surface area (Å²) in [4.78, 5) is 13.0. The Labute approximate surface area is 158 Å². The molecular weight excluding hydrogens is 313 g/mol. The van der Waals surface area contributed by atoms with Crippen LogP contribution in [0.4, 0.5) is 0 Å². The summed E-state index contributed by atoms with van der Waals surface area (Å²) in [6.07, 6.45) is 11.2. The van der Waals surface area contributed by atoms with E-state index in [1.165, 1.54) is 43.4 Å². The second-order valence-electron chi connectivity index (χ2n) is 5.66. The molecule has 0 N–H and O–H groups in total. The molecule has 1 amide bonds. The zero-order valence-electron chi connectivity index (χ0n) is 14.5. The van der Waals surface area contributed by atoms with Crippen molar-refractivity contribution in [2.45, 2.75) is 71.1 Å². The Morgan fingerprint density at radius 3 is 1.86 bits per heavy atom. The largest absolute Gasteiger partial charge is 1.00 e. The van der Waals surface area contributed by atoms with Gasteiger partial charge in [0.2, 0.25) is 5.91 Å². The van der Waals surface area contributed by atoms with E-state index in [1.807, 2.05) is 0 Å². The van der Waals surface area contributed by atoms with Crippen molar-refractivity contribution in [3.63, 3.8) is 0 Å². The third kappa shape index (κ3) is 16.7. The second-order valence-corrected chi connectivity index (χ2v) is 7.18. The van der Waals surface area contributed by atoms with E-state index in [0.29, 0.717) is 6.42 Å². The van der Waals surface area contributed by atoms with Gasteiger partial charge >= 0.3 is 29.6 Å². The average molecular weight is 343 g/mol. The first kappa shape index (κ1) is 24.6. The zero-order chi connectivity index (χ0) is 16.1. The molecular formula is C15H30NNaO4S. The first-order chi connectivity index (χ1) is 9.87. The smallest absolute Gasteiger partial charge is 0.748 e. The van der Waals surface area contributed by atoms with E-state index in [1.54, 1.807) is 7.05 Å². The number of rotatable bonds is 13. The van der Waals surface area contributed by atoms with E-state index in [-0.39, 0.29) is 42.0 Å². The Morgan fingerprint density at radius 2 is 1.41 bits per heavy atom. The van der Waals surface area contributed by atoms with Crippen LogP contribution in [0.3, 0.4) is 0 Å². The number of hydrogen-bond acceptors (Lipinski definition) is 4. The van der Waals surface area contributed by atoms with E-state index < -0.39 is 15.9 Å². The molecule has 0 fully saturated rings. The molecule has 22 heavy (non-hydrogen) atoms. The van der Waals surface area contributed by atoms with Crippen LogP contribution in [-0.2, 0) is 14.9 Å². The third-order valence-corrected chi connectivity index (χ3v) is 4.28. The van der Waals surface area contributed by atoms with Crippen LogP contribution in [-0.4, -0.2) is 43.1 Å². The second kappa shape index (κ2) is 14.9. The molecule has 0 radical (unpaired) electrons. The molecule has 126 valence electrons. The Balaban J connectivity index is 0. The summed E-state index contributed by atoms with van der Waals surface area (Å²) < 4.78 is 31.5. The van der Waals surface area contributed by atoms with Crippen molar-refractivity contribution in [2.24, 2.45) is 0 Å². The molecule has 0 aliphatic heterocycles. The quantitative estimate of drug-likeness (QED) is 0.266. The summed E-state index contributed by atoms with van der Waals surface area (Å²) in [5, 5.41) is 0. The maximum Gasteiger partial charge on any atom is 1.00 e. The molecule has 0 unspecified atom stereocenters. The fourth-order valence-corrected chi connectivity index (χ4v) is 2.65. The van der Waals surface area contributed by atoms with E-state index in [4.69, 9.17) is 0 Å². The minimum atomic E-state index is -4.24. The van der Waals surface area contributed by atoms with Crippen molar-refractivity contribution in [3.8, 4) is 0 Å². The summed E-state index contributed by atoms with van der Waals surface area (Å²) in [5.41, 5.74) is 0. The molecule has 0 saturated heterocycles. The first-order valence-corrected chi connectivity index (χ1v) is 9.62. The number of hydrogen-bond donors (Lipinski definition) is 0. The fourth-order valence-electron chi connectivity index (χ4n) is 2.15. The Hall–Kier alpha value is 0.380. The number of amides is 1. The van der Waals surface area contributed by atoms with Gasteiger partial charge in [-0.05, 0) is 6.42 Å². The molecule has 0 spiro atoms. The van der Waals surface area contributed by atoms with Gasteiger partial charge in [-0.15, -0.1) is 0 Å². The van der Waals surface area contributed by atoms with Crippen LogP contribution in [0.25, 0.3) is 0 Å². The molecule has 0 rings (SSSR count). The average Bonchev–Trinajstić information content (AvgIpc) is 2.41.